The normalized spacial score (nSPS) is 12.9. The lowest BCUT2D eigenvalue weighted by molar-refractivity contribution is 0.181. The number of benzene rings is 4. The molecule has 5 N–H and O–H groups in total. The van der Waals surface area contributed by atoms with E-state index in [-0.39, 0.29) is 11.8 Å². The summed E-state index contributed by atoms with van der Waals surface area (Å²) in [6.07, 6.45) is 0.522. The van der Waals surface area contributed by atoms with Gasteiger partial charge in [0.15, 0.2) is 0 Å². The standard InChI is InChI=1S/C33H34N4O2/c1-22-35-29-19-17-27(20-30(29)36-22)32(37-33(38)39)28(18-16-23-12-14-24(21-34)15-13-23)31(25-8-4-2-5-9-25)26-10-6-3-7-11-26/h2-15,17,19-20,28,31-32,37H,16,18,21,34H2,1H3,(H,35,36)(H,38,39). The highest BCUT2D eigenvalue weighted by molar-refractivity contribution is 5.76. The molecule has 0 aliphatic heterocycles. The van der Waals surface area contributed by atoms with Crippen molar-refractivity contribution in [3.05, 3.63) is 137 Å². The Labute approximate surface area is 228 Å². The van der Waals surface area contributed by atoms with Gasteiger partial charge in [0.2, 0.25) is 0 Å². The van der Waals surface area contributed by atoms with E-state index in [1.54, 1.807) is 0 Å². The van der Waals surface area contributed by atoms with Crippen molar-refractivity contribution >= 4 is 17.1 Å². The Morgan fingerprint density at radius 1 is 0.872 bits per heavy atom. The first-order valence-corrected chi connectivity index (χ1v) is 13.4. The third-order valence-electron chi connectivity index (χ3n) is 7.46. The van der Waals surface area contributed by atoms with E-state index in [2.05, 4.69) is 63.8 Å². The van der Waals surface area contributed by atoms with Gasteiger partial charge in [0, 0.05) is 12.5 Å². The minimum atomic E-state index is -1.04. The number of amides is 1. The van der Waals surface area contributed by atoms with Crippen molar-refractivity contribution in [1.82, 2.24) is 15.3 Å². The molecule has 2 atom stereocenters. The van der Waals surface area contributed by atoms with E-state index >= 15 is 0 Å². The molecule has 0 radical (unpaired) electrons. The maximum Gasteiger partial charge on any atom is 0.405 e. The fourth-order valence-electron chi connectivity index (χ4n) is 5.63. The number of H-pyrrole nitrogens is 1. The van der Waals surface area contributed by atoms with Crippen LogP contribution >= 0.6 is 0 Å². The van der Waals surface area contributed by atoms with Gasteiger partial charge in [0.05, 0.1) is 17.1 Å². The van der Waals surface area contributed by atoms with E-state index in [1.807, 2.05) is 61.5 Å². The number of fused-ring (bicyclic) bond motifs is 1. The van der Waals surface area contributed by atoms with Gasteiger partial charge >= 0.3 is 6.09 Å². The number of aromatic amines is 1. The van der Waals surface area contributed by atoms with Gasteiger partial charge < -0.3 is 21.1 Å². The van der Waals surface area contributed by atoms with E-state index in [1.165, 1.54) is 5.56 Å². The molecule has 39 heavy (non-hydrogen) atoms. The molecule has 1 aromatic heterocycles. The van der Waals surface area contributed by atoms with Crippen LogP contribution in [0.25, 0.3) is 11.0 Å². The number of nitrogens with two attached hydrogens (primary N) is 1. The summed E-state index contributed by atoms with van der Waals surface area (Å²) in [5.74, 6) is 0.710. The first-order chi connectivity index (χ1) is 19.0. The Hall–Kier alpha value is -4.42. The summed E-state index contributed by atoms with van der Waals surface area (Å²) in [5, 5.41) is 12.9. The first-order valence-electron chi connectivity index (χ1n) is 13.4. The third kappa shape index (κ3) is 6.19. The van der Waals surface area contributed by atoms with Gasteiger partial charge in [-0.05, 0) is 65.6 Å². The molecule has 2 unspecified atom stereocenters. The molecular formula is C33H34N4O2. The molecule has 198 valence electrons. The number of carboxylic acid groups (broad SMARTS) is 1. The molecule has 0 aliphatic carbocycles. The molecule has 5 aromatic rings. The summed E-state index contributed by atoms with van der Waals surface area (Å²) in [6.45, 7) is 2.43. The summed E-state index contributed by atoms with van der Waals surface area (Å²) >= 11 is 0. The number of hydrogen-bond acceptors (Lipinski definition) is 3. The fourth-order valence-corrected chi connectivity index (χ4v) is 5.63. The Morgan fingerprint density at radius 3 is 2.08 bits per heavy atom. The minimum absolute atomic E-state index is 0.0354. The third-order valence-corrected chi connectivity index (χ3v) is 7.46. The summed E-state index contributed by atoms with van der Waals surface area (Å²) in [5.41, 5.74) is 13.1. The molecule has 0 saturated heterocycles. The quantitative estimate of drug-likeness (QED) is 0.165. The van der Waals surface area contributed by atoms with Gasteiger partial charge in [-0.3, -0.25) is 0 Å². The number of rotatable bonds is 10. The molecule has 6 nitrogen and oxygen atoms in total. The number of aryl methyl sites for hydroxylation is 2. The minimum Gasteiger partial charge on any atom is -0.465 e. The van der Waals surface area contributed by atoms with Crippen LogP contribution < -0.4 is 11.1 Å². The molecule has 1 amide bonds. The summed E-state index contributed by atoms with van der Waals surface area (Å²) in [7, 11) is 0. The topological polar surface area (TPSA) is 104 Å². The predicted octanol–water partition coefficient (Wildman–Crippen LogP) is 6.72. The van der Waals surface area contributed by atoms with Crippen molar-refractivity contribution in [2.24, 2.45) is 11.7 Å². The number of carbonyl (C=O) groups is 1. The van der Waals surface area contributed by atoms with Gasteiger partial charge in [-0.1, -0.05) is 91.0 Å². The maximum absolute atomic E-state index is 12.3. The monoisotopic (exact) mass is 518 g/mol. The number of imidazole rings is 1. The van der Waals surface area contributed by atoms with Crippen LogP contribution in [0.5, 0.6) is 0 Å². The number of aromatic nitrogens is 2. The molecule has 0 spiro atoms. The average molecular weight is 519 g/mol. The smallest absolute Gasteiger partial charge is 0.405 e. The van der Waals surface area contributed by atoms with Gasteiger partial charge in [-0.25, -0.2) is 9.78 Å². The van der Waals surface area contributed by atoms with E-state index in [4.69, 9.17) is 5.73 Å². The van der Waals surface area contributed by atoms with Crippen LogP contribution in [0.4, 0.5) is 4.79 Å². The first kappa shape index (κ1) is 26.2. The van der Waals surface area contributed by atoms with Gasteiger partial charge in [0.25, 0.3) is 0 Å². The van der Waals surface area contributed by atoms with Gasteiger partial charge in [-0.15, -0.1) is 0 Å². The van der Waals surface area contributed by atoms with Crippen LogP contribution in [-0.2, 0) is 13.0 Å². The Balaban J connectivity index is 1.62. The van der Waals surface area contributed by atoms with Crippen molar-refractivity contribution in [2.45, 2.75) is 38.3 Å². The lowest BCUT2D eigenvalue weighted by atomic mass is 9.72. The second-order valence-electron chi connectivity index (χ2n) is 10.0. The lowest BCUT2D eigenvalue weighted by Gasteiger charge is -2.35. The Bertz CT molecular complexity index is 1470. The van der Waals surface area contributed by atoms with Crippen LogP contribution in [-0.4, -0.2) is 21.2 Å². The van der Waals surface area contributed by atoms with Crippen LogP contribution in [0.15, 0.2) is 103 Å². The molecular weight excluding hydrogens is 484 g/mol. The molecule has 0 fully saturated rings. The van der Waals surface area contributed by atoms with E-state index in [0.717, 1.165) is 52.0 Å². The molecule has 1 heterocycles. The molecule has 0 saturated carbocycles. The highest BCUT2D eigenvalue weighted by Crippen LogP contribution is 2.42. The lowest BCUT2D eigenvalue weighted by Crippen LogP contribution is -2.36. The average Bonchev–Trinajstić information content (AvgIpc) is 3.34. The summed E-state index contributed by atoms with van der Waals surface area (Å²) < 4.78 is 0. The molecule has 0 aliphatic rings. The van der Waals surface area contributed by atoms with E-state index in [9.17, 15) is 9.90 Å². The van der Waals surface area contributed by atoms with Gasteiger partial charge in [0.1, 0.15) is 5.82 Å². The van der Waals surface area contributed by atoms with Crippen LogP contribution in [0, 0.1) is 12.8 Å². The van der Waals surface area contributed by atoms with Crippen molar-refractivity contribution < 1.29 is 9.90 Å². The molecule has 6 heteroatoms. The zero-order valence-corrected chi connectivity index (χ0v) is 22.0. The van der Waals surface area contributed by atoms with Crippen molar-refractivity contribution in [1.29, 1.82) is 0 Å². The number of nitrogens with one attached hydrogen (secondary N) is 2. The van der Waals surface area contributed by atoms with Crippen molar-refractivity contribution in [2.75, 3.05) is 0 Å². The van der Waals surface area contributed by atoms with Crippen LogP contribution in [0.2, 0.25) is 0 Å². The van der Waals surface area contributed by atoms with E-state index in [0.29, 0.717) is 6.54 Å². The second-order valence-corrected chi connectivity index (χ2v) is 10.0. The largest absolute Gasteiger partial charge is 0.465 e. The Morgan fingerprint density at radius 2 is 1.49 bits per heavy atom. The summed E-state index contributed by atoms with van der Waals surface area (Å²) in [6, 6.07) is 34.7. The predicted molar refractivity (Wildman–Crippen MR) is 156 cm³/mol. The SMILES string of the molecule is Cc1nc2ccc(C(NC(=O)O)C(CCc3ccc(CN)cc3)C(c3ccccc3)c3ccccc3)cc2[nH]1. The Kier molecular flexibility index (Phi) is 8.04. The second kappa shape index (κ2) is 12.0. The van der Waals surface area contributed by atoms with Crippen LogP contribution in [0.3, 0.4) is 0 Å². The van der Waals surface area contributed by atoms with E-state index < -0.39 is 12.1 Å². The molecule has 5 rings (SSSR count). The maximum atomic E-state index is 12.3. The number of nitrogens with zero attached hydrogens (tertiary/aromatic N) is 1. The highest BCUT2D eigenvalue weighted by Gasteiger charge is 2.34. The van der Waals surface area contributed by atoms with Crippen LogP contribution in [0.1, 0.15) is 52.0 Å². The fraction of sp³-hybridized carbons (Fsp3) is 0.212. The molecule has 4 aromatic carbocycles. The number of hydrogen-bond donors (Lipinski definition) is 4. The van der Waals surface area contributed by atoms with Gasteiger partial charge in [-0.2, -0.15) is 0 Å². The van der Waals surface area contributed by atoms with Crippen molar-refractivity contribution in [3.63, 3.8) is 0 Å². The highest BCUT2D eigenvalue weighted by atomic mass is 16.4. The summed E-state index contributed by atoms with van der Waals surface area (Å²) in [4.78, 5) is 20.1. The van der Waals surface area contributed by atoms with Crippen molar-refractivity contribution in [3.8, 4) is 0 Å². The zero-order valence-electron chi connectivity index (χ0n) is 22.0. The molecule has 0 bridgehead atoms. The zero-order chi connectivity index (χ0) is 27.2.